The van der Waals surface area contributed by atoms with Crippen molar-refractivity contribution in [2.45, 2.75) is 31.9 Å². The van der Waals surface area contributed by atoms with E-state index in [0.717, 1.165) is 41.0 Å². The van der Waals surface area contributed by atoms with Gasteiger partial charge in [0.1, 0.15) is 5.60 Å². The first-order chi connectivity index (χ1) is 12.6. The lowest BCUT2D eigenvalue weighted by molar-refractivity contribution is -0.0686. The van der Waals surface area contributed by atoms with Crippen molar-refractivity contribution in [3.8, 4) is 10.6 Å². The molecule has 1 aromatic carbocycles. The molecule has 1 unspecified atom stereocenters. The van der Waals surface area contributed by atoms with Crippen LogP contribution in [0.25, 0.3) is 21.5 Å². The van der Waals surface area contributed by atoms with Gasteiger partial charge in [0, 0.05) is 18.5 Å². The van der Waals surface area contributed by atoms with Gasteiger partial charge in [-0.15, -0.1) is 11.3 Å². The Morgan fingerprint density at radius 1 is 1.27 bits per heavy atom. The van der Waals surface area contributed by atoms with E-state index in [1.165, 1.54) is 11.1 Å². The van der Waals surface area contributed by atoms with E-state index in [9.17, 15) is 10.2 Å². The van der Waals surface area contributed by atoms with Gasteiger partial charge in [-0.25, -0.2) is 4.98 Å². The Bertz CT molecular complexity index is 910. The lowest BCUT2D eigenvalue weighted by Gasteiger charge is -2.38. The summed E-state index contributed by atoms with van der Waals surface area (Å²) in [6, 6.07) is 12.8. The number of likely N-dealkylation sites (tertiary alicyclic amines) is 1. The summed E-state index contributed by atoms with van der Waals surface area (Å²) in [5, 5.41) is 23.2. The van der Waals surface area contributed by atoms with Crippen LogP contribution in [0, 0.1) is 6.92 Å². The fraction of sp³-hybridized carbons (Fsp3) is 0.381. The van der Waals surface area contributed by atoms with Crippen LogP contribution in [-0.2, 0) is 6.54 Å². The first kappa shape index (κ1) is 17.6. The van der Waals surface area contributed by atoms with Crippen molar-refractivity contribution in [2.75, 3.05) is 19.7 Å². The minimum Gasteiger partial charge on any atom is -0.393 e. The van der Waals surface area contributed by atoms with Gasteiger partial charge >= 0.3 is 0 Å². The van der Waals surface area contributed by atoms with Crippen molar-refractivity contribution in [1.82, 2.24) is 9.88 Å². The van der Waals surface area contributed by atoms with Gasteiger partial charge in [0.05, 0.1) is 22.7 Å². The second kappa shape index (κ2) is 7.08. The van der Waals surface area contributed by atoms with Crippen molar-refractivity contribution in [1.29, 1.82) is 0 Å². The summed E-state index contributed by atoms with van der Waals surface area (Å²) in [6.07, 6.45) is 1.55. The molecule has 1 atom stereocenters. The molecule has 2 N–H and O–H groups in total. The van der Waals surface area contributed by atoms with Gasteiger partial charge in [-0.2, -0.15) is 0 Å². The van der Waals surface area contributed by atoms with Gasteiger partial charge in [0.25, 0.3) is 0 Å². The van der Waals surface area contributed by atoms with Crippen molar-refractivity contribution in [2.24, 2.45) is 0 Å². The lowest BCUT2D eigenvalue weighted by atomic mass is 9.93. The Hall–Kier alpha value is -1.79. The maximum absolute atomic E-state index is 10.5. The van der Waals surface area contributed by atoms with Crippen LogP contribution in [0.15, 0.2) is 41.8 Å². The summed E-state index contributed by atoms with van der Waals surface area (Å²) in [5.74, 6) is 0. The predicted octanol–water partition coefficient (Wildman–Crippen LogP) is 3.59. The number of hydrogen-bond donors (Lipinski definition) is 2. The molecule has 0 aliphatic carbocycles. The summed E-state index contributed by atoms with van der Waals surface area (Å²) < 4.78 is 0. The van der Waals surface area contributed by atoms with E-state index in [-0.39, 0.29) is 6.61 Å². The molecule has 0 saturated carbocycles. The van der Waals surface area contributed by atoms with E-state index in [1.54, 1.807) is 11.3 Å². The van der Waals surface area contributed by atoms with Crippen molar-refractivity contribution >= 4 is 22.2 Å². The molecule has 5 heteroatoms. The normalized spacial score (nSPS) is 21.3. The molecular weight excluding hydrogens is 344 g/mol. The number of aliphatic hydroxyl groups is 2. The Morgan fingerprint density at radius 3 is 2.92 bits per heavy atom. The molecule has 4 nitrogen and oxygen atoms in total. The molecular formula is C21H24N2O2S. The van der Waals surface area contributed by atoms with E-state index in [0.29, 0.717) is 13.0 Å². The molecule has 0 spiro atoms. The number of thiophene rings is 1. The summed E-state index contributed by atoms with van der Waals surface area (Å²) in [7, 11) is 0. The standard InChI is InChI=1S/C21H24N2O2S/c1-15-5-6-16-11-17(12-23-8-3-7-21(25,13-23)14-24)20(22-18(16)10-15)19-4-2-9-26-19/h2,4-6,9-11,24-25H,3,7-8,12-14H2,1H3. The number of benzene rings is 1. The number of aliphatic hydroxyl groups excluding tert-OH is 1. The van der Waals surface area contributed by atoms with E-state index < -0.39 is 5.60 Å². The van der Waals surface area contributed by atoms with Crippen LogP contribution >= 0.6 is 11.3 Å². The van der Waals surface area contributed by atoms with E-state index in [1.807, 2.05) is 0 Å². The Balaban J connectivity index is 1.73. The third kappa shape index (κ3) is 3.53. The van der Waals surface area contributed by atoms with Gasteiger partial charge in [-0.05, 0) is 61.0 Å². The fourth-order valence-electron chi connectivity index (χ4n) is 3.78. The van der Waals surface area contributed by atoms with Crippen molar-refractivity contribution in [3.05, 3.63) is 52.9 Å². The zero-order valence-electron chi connectivity index (χ0n) is 15.0. The average molecular weight is 369 g/mol. The number of aromatic nitrogens is 1. The predicted molar refractivity (Wildman–Crippen MR) is 106 cm³/mol. The van der Waals surface area contributed by atoms with Crippen LogP contribution in [0.2, 0.25) is 0 Å². The van der Waals surface area contributed by atoms with Gasteiger partial charge in [-0.3, -0.25) is 4.90 Å². The summed E-state index contributed by atoms with van der Waals surface area (Å²) >= 11 is 1.70. The minimum absolute atomic E-state index is 0.184. The topological polar surface area (TPSA) is 56.6 Å². The number of piperidine rings is 1. The number of hydrogen-bond acceptors (Lipinski definition) is 5. The average Bonchev–Trinajstić information content (AvgIpc) is 3.16. The molecule has 1 fully saturated rings. The third-order valence-electron chi connectivity index (χ3n) is 5.13. The van der Waals surface area contributed by atoms with Crippen LogP contribution in [0.4, 0.5) is 0 Å². The molecule has 3 heterocycles. The molecule has 0 radical (unpaired) electrons. The second-order valence-corrected chi connectivity index (χ2v) is 8.31. The molecule has 1 aliphatic heterocycles. The van der Waals surface area contributed by atoms with Crippen LogP contribution in [0.5, 0.6) is 0 Å². The summed E-state index contributed by atoms with van der Waals surface area (Å²) in [4.78, 5) is 8.37. The third-order valence-corrected chi connectivity index (χ3v) is 6.01. The quantitative estimate of drug-likeness (QED) is 0.739. The Morgan fingerprint density at radius 2 is 2.15 bits per heavy atom. The summed E-state index contributed by atoms with van der Waals surface area (Å²) in [5.41, 5.74) is 3.44. The summed E-state index contributed by atoms with van der Waals surface area (Å²) in [6.45, 7) is 4.06. The number of pyridine rings is 1. The van der Waals surface area contributed by atoms with Crippen LogP contribution in [-0.4, -0.2) is 45.4 Å². The molecule has 0 bridgehead atoms. The first-order valence-corrected chi connectivity index (χ1v) is 9.94. The van der Waals surface area contributed by atoms with Crippen LogP contribution in [0.1, 0.15) is 24.0 Å². The number of β-amino-alcohol motifs (C(OH)–C–C–N with tert-alkyl or cyclic N) is 1. The van der Waals surface area contributed by atoms with Gasteiger partial charge < -0.3 is 10.2 Å². The largest absolute Gasteiger partial charge is 0.393 e. The fourth-order valence-corrected chi connectivity index (χ4v) is 4.53. The minimum atomic E-state index is -0.983. The van der Waals surface area contributed by atoms with Crippen molar-refractivity contribution < 1.29 is 10.2 Å². The van der Waals surface area contributed by atoms with Crippen molar-refractivity contribution in [3.63, 3.8) is 0 Å². The molecule has 136 valence electrons. The SMILES string of the molecule is Cc1ccc2cc(CN3CCCC(O)(CO)C3)c(-c3cccs3)nc2c1. The van der Waals surface area contributed by atoms with E-state index in [2.05, 4.69) is 53.6 Å². The van der Waals surface area contributed by atoms with Crippen LogP contribution < -0.4 is 0 Å². The highest BCUT2D eigenvalue weighted by atomic mass is 32.1. The first-order valence-electron chi connectivity index (χ1n) is 9.06. The Kier molecular flexibility index (Phi) is 4.80. The van der Waals surface area contributed by atoms with E-state index >= 15 is 0 Å². The highest BCUT2D eigenvalue weighted by molar-refractivity contribution is 7.13. The molecule has 4 rings (SSSR count). The lowest BCUT2D eigenvalue weighted by Crippen LogP contribution is -2.50. The second-order valence-electron chi connectivity index (χ2n) is 7.37. The Labute approximate surface area is 157 Å². The highest BCUT2D eigenvalue weighted by Crippen LogP contribution is 2.31. The molecule has 3 aromatic rings. The maximum atomic E-state index is 10.5. The molecule has 1 saturated heterocycles. The molecule has 2 aromatic heterocycles. The maximum Gasteiger partial charge on any atom is 0.100 e. The smallest absolute Gasteiger partial charge is 0.100 e. The zero-order valence-corrected chi connectivity index (χ0v) is 15.8. The number of rotatable bonds is 4. The molecule has 26 heavy (non-hydrogen) atoms. The number of fused-ring (bicyclic) bond motifs is 1. The zero-order chi connectivity index (χ0) is 18.1. The van der Waals surface area contributed by atoms with Gasteiger partial charge in [-0.1, -0.05) is 18.2 Å². The van der Waals surface area contributed by atoms with Gasteiger partial charge in [0.2, 0.25) is 0 Å². The molecule has 1 aliphatic rings. The number of aryl methyl sites for hydroxylation is 1. The highest BCUT2D eigenvalue weighted by Gasteiger charge is 2.32. The monoisotopic (exact) mass is 368 g/mol. The van der Waals surface area contributed by atoms with Gasteiger partial charge in [0.15, 0.2) is 0 Å². The molecule has 0 amide bonds. The van der Waals surface area contributed by atoms with Crippen LogP contribution in [0.3, 0.4) is 0 Å². The number of nitrogens with zero attached hydrogens (tertiary/aromatic N) is 2. The van der Waals surface area contributed by atoms with E-state index in [4.69, 9.17) is 4.98 Å².